The van der Waals surface area contributed by atoms with Crippen LogP contribution in [0.15, 0.2) is 65.5 Å². The van der Waals surface area contributed by atoms with Gasteiger partial charge in [0.05, 0.1) is 12.8 Å². The zero-order valence-electron chi connectivity index (χ0n) is 19.0. The first-order valence-corrected chi connectivity index (χ1v) is 12.7. The van der Waals surface area contributed by atoms with E-state index in [1.807, 2.05) is 42.3 Å². The van der Waals surface area contributed by atoms with Crippen LogP contribution >= 0.6 is 35.6 Å². The average molecular weight is 525 g/mol. The molecule has 0 bridgehead atoms. The summed E-state index contributed by atoms with van der Waals surface area (Å²) < 4.78 is 4.71. The highest BCUT2D eigenvalue weighted by Crippen LogP contribution is 2.66. The molecule has 0 N–H and O–H groups in total. The maximum absolute atomic E-state index is 14.6. The zero-order valence-corrected chi connectivity index (χ0v) is 21.4. The van der Waals surface area contributed by atoms with Crippen LogP contribution in [0.2, 0.25) is 5.02 Å². The van der Waals surface area contributed by atoms with Gasteiger partial charge in [0.2, 0.25) is 5.91 Å². The molecule has 0 aliphatic carbocycles. The molecule has 2 amide bonds. The molecule has 10 heteroatoms. The number of nitrogens with zero attached hydrogens (tertiary/aromatic N) is 4. The van der Waals surface area contributed by atoms with Gasteiger partial charge in [0.25, 0.3) is 5.91 Å². The van der Waals surface area contributed by atoms with Gasteiger partial charge in [-0.15, -0.1) is 0 Å². The number of thiocarbonyl (C=S) groups is 1. The molecule has 2 aromatic heterocycles. The normalized spacial score (nSPS) is 28.2. The summed E-state index contributed by atoms with van der Waals surface area (Å²) in [7, 11) is 3.64. The van der Waals surface area contributed by atoms with Gasteiger partial charge in [-0.25, -0.2) is 0 Å². The van der Waals surface area contributed by atoms with Gasteiger partial charge >= 0.3 is 0 Å². The van der Waals surface area contributed by atoms with Gasteiger partial charge in [0, 0.05) is 48.2 Å². The number of amides is 2. The Bertz CT molecular complexity index is 1370. The van der Waals surface area contributed by atoms with Crippen molar-refractivity contribution >= 4 is 57.4 Å². The first kappa shape index (κ1) is 22.7. The molecule has 3 aromatic rings. The van der Waals surface area contributed by atoms with Gasteiger partial charge in [-0.05, 0) is 55.1 Å². The molecular formula is C25H21ClN4O3S2. The molecule has 7 nitrogen and oxygen atoms in total. The van der Waals surface area contributed by atoms with Crippen LogP contribution in [0.5, 0.6) is 0 Å². The van der Waals surface area contributed by atoms with Crippen molar-refractivity contribution in [3.05, 3.63) is 83.0 Å². The summed E-state index contributed by atoms with van der Waals surface area (Å²) in [5, 5.41) is 0.507. The Morgan fingerprint density at radius 3 is 2.66 bits per heavy atom. The van der Waals surface area contributed by atoms with Gasteiger partial charge in [-0.3, -0.25) is 24.4 Å². The molecule has 1 aromatic carbocycles. The molecule has 178 valence electrons. The Morgan fingerprint density at radius 1 is 1.17 bits per heavy atom. The topological polar surface area (TPSA) is 69.9 Å². The fraction of sp³-hybridized carbons (Fsp3) is 0.280. The predicted octanol–water partition coefficient (Wildman–Crippen LogP) is 4.03. The number of aromatic nitrogens is 1. The van der Waals surface area contributed by atoms with Crippen LogP contribution in [-0.2, 0) is 21.7 Å². The number of halogens is 1. The number of furan rings is 1. The van der Waals surface area contributed by atoms with E-state index in [9.17, 15) is 9.59 Å². The minimum absolute atomic E-state index is 0.169. The largest absolute Gasteiger partial charge is 0.467 e. The van der Waals surface area contributed by atoms with Crippen molar-refractivity contribution in [3.63, 3.8) is 0 Å². The van der Waals surface area contributed by atoms with Crippen molar-refractivity contribution in [2.75, 3.05) is 25.5 Å². The highest BCUT2D eigenvalue weighted by Gasteiger charge is 2.78. The van der Waals surface area contributed by atoms with Crippen LogP contribution in [0.25, 0.3) is 0 Å². The van der Waals surface area contributed by atoms with Crippen LogP contribution in [0, 0.1) is 0 Å². The van der Waals surface area contributed by atoms with E-state index >= 15 is 0 Å². The van der Waals surface area contributed by atoms with Crippen LogP contribution < -0.4 is 4.90 Å². The number of benzene rings is 1. The van der Waals surface area contributed by atoms with E-state index in [2.05, 4.69) is 4.98 Å². The van der Waals surface area contributed by atoms with E-state index in [0.29, 0.717) is 21.6 Å². The first-order chi connectivity index (χ1) is 16.8. The van der Waals surface area contributed by atoms with Crippen molar-refractivity contribution in [1.29, 1.82) is 0 Å². The van der Waals surface area contributed by atoms with Crippen molar-refractivity contribution in [2.45, 2.75) is 22.7 Å². The van der Waals surface area contributed by atoms with Crippen molar-refractivity contribution in [2.24, 2.45) is 0 Å². The summed E-state index contributed by atoms with van der Waals surface area (Å²) in [5.41, 5.74) is 1.10. The third kappa shape index (κ3) is 2.83. The highest BCUT2D eigenvalue weighted by molar-refractivity contribution is 8.25. The van der Waals surface area contributed by atoms with Crippen LogP contribution in [0.4, 0.5) is 5.69 Å². The maximum atomic E-state index is 14.6. The Balaban J connectivity index is 1.62. The van der Waals surface area contributed by atoms with E-state index in [-0.39, 0.29) is 24.3 Å². The standard InChI is InChI=1S/C25H21ClN4O3S2/c1-28-14-19(15-7-9-27-10-8-15)25(22(32)30(23(34)35-25)13-17-4-3-11-33-17)24(28)18-12-16(26)5-6-20(18)29(2)21(24)31/h3-12,19H,13-14H2,1-2H3/t19-,24-,25-/m0/s1. The number of carbonyl (C=O) groups is 2. The molecule has 2 saturated heterocycles. The van der Waals surface area contributed by atoms with E-state index in [1.165, 1.54) is 11.8 Å². The van der Waals surface area contributed by atoms with E-state index in [0.717, 1.165) is 16.8 Å². The molecular weight excluding hydrogens is 504 g/mol. The molecule has 3 aliphatic rings. The number of hydrogen-bond donors (Lipinski definition) is 0. The lowest BCUT2D eigenvalue weighted by Crippen LogP contribution is -2.62. The molecule has 0 radical (unpaired) electrons. The average Bonchev–Trinajstić information content (AvgIpc) is 3.57. The van der Waals surface area contributed by atoms with Crippen molar-refractivity contribution in [3.8, 4) is 0 Å². The quantitative estimate of drug-likeness (QED) is 0.479. The monoisotopic (exact) mass is 524 g/mol. The summed E-state index contributed by atoms with van der Waals surface area (Å²) in [6.07, 6.45) is 5.00. The number of likely N-dealkylation sites (tertiary alicyclic amines) is 1. The fourth-order valence-electron chi connectivity index (χ4n) is 5.96. The Hall–Kier alpha value is -2.72. The van der Waals surface area contributed by atoms with Gasteiger partial charge in [0.1, 0.15) is 14.8 Å². The molecule has 0 unspecified atom stereocenters. The SMILES string of the molecule is CN1C(=O)[C@]2(c3cc(Cl)ccc31)N(C)C[C@@H](c1ccncc1)[C@@]21SC(=S)N(Cc2ccco2)C1=O. The number of likely N-dealkylation sites (N-methyl/N-ethyl adjacent to an activating group) is 2. The van der Waals surface area contributed by atoms with E-state index in [1.54, 1.807) is 47.6 Å². The highest BCUT2D eigenvalue weighted by atomic mass is 35.5. The van der Waals surface area contributed by atoms with Crippen LogP contribution in [0.3, 0.4) is 0 Å². The van der Waals surface area contributed by atoms with Crippen LogP contribution in [0.1, 0.15) is 22.8 Å². The number of hydrogen-bond acceptors (Lipinski definition) is 7. The first-order valence-electron chi connectivity index (χ1n) is 11.1. The summed E-state index contributed by atoms with van der Waals surface area (Å²) in [6.45, 7) is 0.681. The summed E-state index contributed by atoms with van der Waals surface area (Å²) in [5.74, 6) is -0.0747. The second-order valence-electron chi connectivity index (χ2n) is 9.02. The molecule has 6 rings (SSSR count). The van der Waals surface area contributed by atoms with Crippen molar-refractivity contribution < 1.29 is 14.0 Å². The molecule has 2 fully saturated rings. The maximum Gasteiger partial charge on any atom is 0.254 e. The Morgan fingerprint density at radius 2 is 1.94 bits per heavy atom. The van der Waals surface area contributed by atoms with Crippen molar-refractivity contribution in [1.82, 2.24) is 14.8 Å². The van der Waals surface area contributed by atoms with Gasteiger partial charge in [-0.1, -0.05) is 35.6 Å². The lowest BCUT2D eigenvalue weighted by Gasteiger charge is -2.42. The number of thioether (sulfide) groups is 1. The molecule has 5 heterocycles. The lowest BCUT2D eigenvalue weighted by molar-refractivity contribution is -0.139. The second-order valence-corrected chi connectivity index (χ2v) is 11.3. The fourth-order valence-corrected chi connectivity index (χ4v) is 8.26. The lowest BCUT2D eigenvalue weighted by atomic mass is 9.72. The van der Waals surface area contributed by atoms with Gasteiger partial charge < -0.3 is 9.32 Å². The minimum Gasteiger partial charge on any atom is -0.467 e. The van der Waals surface area contributed by atoms with Gasteiger partial charge in [0.15, 0.2) is 5.54 Å². The molecule has 35 heavy (non-hydrogen) atoms. The summed E-state index contributed by atoms with van der Waals surface area (Å²) >= 11 is 13.6. The van der Waals surface area contributed by atoms with E-state index < -0.39 is 10.3 Å². The third-order valence-electron chi connectivity index (χ3n) is 7.42. The Labute approximate surface area is 217 Å². The Kier molecular flexibility index (Phi) is 5.12. The smallest absolute Gasteiger partial charge is 0.254 e. The minimum atomic E-state index is -1.29. The van der Waals surface area contributed by atoms with Crippen LogP contribution in [-0.4, -0.2) is 56.3 Å². The number of pyridine rings is 1. The predicted molar refractivity (Wildman–Crippen MR) is 138 cm³/mol. The number of carbonyl (C=O) groups excluding carboxylic acids is 2. The number of rotatable bonds is 3. The molecule has 2 spiro atoms. The van der Waals surface area contributed by atoms with E-state index in [4.69, 9.17) is 28.2 Å². The zero-order chi connectivity index (χ0) is 24.5. The van der Waals surface area contributed by atoms with Gasteiger partial charge in [-0.2, -0.15) is 0 Å². The summed E-state index contributed by atoms with van der Waals surface area (Å²) in [6, 6.07) is 12.8. The second kappa shape index (κ2) is 7.89. The molecule has 3 atom stereocenters. The third-order valence-corrected chi connectivity index (χ3v) is 9.59. The number of anilines is 1. The summed E-state index contributed by atoms with van der Waals surface area (Å²) in [4.78, 5) is 38.3. The molecule has 3 aliphatic heterocycles. The molecule has 0 saturated carbocycles. The number of fused-ring (bicyclic) bond motifs is 3.